The highest BCUT2D eigenvalue weighted by atomic mass is 16.5. The lowest BCUT2D eigenvalue weighted by atomic mass is 9.89. The van der Waals surface area contributed by atoms with Crippen molar-refractivity contribution in [3.05, 3.63) is 54.0 Å². The minimum Gasteiger partial charge on any atom is -0.497 e. The molecule has 0 aliphatic carbocycles. The molecule has 3 aromatic rings. The second-order valence-corrected chi connectivity index (χ2v) is 6.02. The molecule has 2 N–H and O–H groups in total. The number of benzene rings is 1. The lowest BCUT2D eigenvalue weighted by molar-refractivity contribution is -0.126. The SMILES string of the molecule is COc1ccc2c(c1)C(C(=O)NCc1cccc3ncnn13)CC(=O)N2. The van der Waals surface area contributed by atoms with E-state index in [4.69, 9.17) is 4.74 Å². The molecule has 26 heavy (non-hydrogen) atoms. The fourth-order valence-electron chi connectivity index (χ4n) is 3.14. The van der Waals surface area contributed by atoms with Crippen molar-refractivity contribution in [2.75, 3.05) is 12.4 Å². The summed E-state index contributed by atoms with van der Waals surface area (Å²) in [6.07, 6.45) is 1.56. The molecule has 3 heterocycles. The van der Waals surface area contributed by atoms with Gasteiger partial charge in [-0.25, -0.2) is 9.50 Å². The van der Waals surface area contributed by atoms with Crippen LogP contribution in [-0.4, -0.2) is 33.5 Å². The molecular weight excluding hydrogens is 334 g/mol. The highest BCUT2D eigenvalue weighted by Crippen LogP contribution is 2.35. The Balaban J connectivity index is 1.57. The summed E-state index contributed by atoms with van der Waals surface area (Å²) in [7, 11) is 1.57. The van der Waals surface area contributed by atoms with E-state index in [9.17, 15) is 9.59 Å². The number of nitrogens with one attached hydrogen (secondary N) is 2. The van der Waals surface area contributed by atoms with E-state index >= 15 is 0 Å². The number of anilines is 1. The Hall–Kier alpha value is -3.42. The van der Waals surface area contributed by atoms with E-state index in [1.54, 1.807) is 29.8 Å². The summed E-state index contributed by atoms with van der Waals surface area (Å²) in [6, 6.07) is 10.9. The molecule has 0 radical (unpaired) electrons. The zero-order valence-electron chi connectivity index (χ0n) is 14.1. The molecule has 4 rings (SSSR count). The molecule has 2 amide bonds. The second-order valence-electron chi connectivity index (χ2n) is 6.02. The van der Waals surface area contributed by atoms with Crippen molar-refractivity contribution in [1.82, 2.24) is 19.9 Å². The fourth-order valence-corrected chi connectivity index (χ4v) is 3.14. The minimum atomic E-state index is -0.566. The summed E-state index contributed by atoms with van der Waals surface area (Å²) in [5.74, 6) is -0.318. The standard InChI is InChI=1S/C18H17N5O3/c1-26-12-5-6-15-13(7-12)14(8-17(24)22-15)18(25)19-9-11-3-2-4-16-20-10-21-23(11)16/h2-7,10,14H,8-9H2,1H3,(H,19,25)(H,22,24). The third kappa shape index (κ3) is 2.85. The van der Waals surface area contributed by atoms with Crippen LogP contribution in [0.5, 0.6) is 5.75 Å². The number of hydrogen-bond donors (Lipinski definition) is 2. The first-order valence-electron chi connectivity index (χ1n) is 8.19. The van der Waals surface area contributed by atoms with E-state index in [0.717, 1.165) is 11.3 Å². The Morgan fingerprint density at radius 2 is 2.27 bits per heavy atom. The first-order valence-corrected chi connectivity index (χ1v) is 8.19. The predicted molar refractivity (Wildman–Crippen MR) is 93.8 cm³/mol. The molecule has 1 atom stereocenters. The predicted octanol–water partition coefficient (Wildman–Crippen LogP) is 1.48. The van der Waals surface area contributed by atoms with Crippen LogP contribution in [0.2, 0.25) is 0 Å². The largest absolute Gasteiger partial charge is 0.497 e. The van der Waals surface area contributed by atoms with E-state index < -0.39 is 5.92 Å². The van der Waals surface area contributed by atoms with Gasteiger partial charge in [0.2, 0.25) is 11.8 Å². The molecule has 1 aromatic carbocycles. The van der Waals surface area contributed by atoms with Crippen LogP contribution in [-0.2, 0) is 16.1 Å². The third-order valence-electron chi connectivity index (χ3n) is 4.44. The van der Waals surface area contributed by atoms with Gasteiger partial charge in [0, 0.05) is 12.1 Å². The average molecular weight is 351 g/mol. The number of carbonyl (C=O) groups is 2. The molecule has 1 aliphatic heterocycles. The van der Waals surface area contributed by atoms with Crippen LogP contribution in [0.15, 0.2) is 42.7 Å². The fraction of sp³-hybridized carbons (Fsp3) is 0.222. The normalized spacial score (nSPS) is 16.0. The summed E-state index contributed by atoms with van der Waals surface area (Å²) in [4.78, 5) is 28.9. The number of amides is 2. The third-order valence-corrected chi connectivity index (χ3v) is 4.44. The van der Waals surface area contributed by atoms with E-state index in [1.165, 1.54) is 6.33 Å². The quantitative estimate of drug-likeness (QED) is 0.742. The molecule has 1 aliphatic rings. The summed E-state index contributed by atoms with van der Waals surface area (Å²) in [5.41, 5.74) is 2.91. The Morgan fingerprint density at radius 3 is 3.12 bits per heavy atom. The number of pyridine rings is 1. The monoisotopic (exact) mass is 351 g/mol. The Morgan fingerprint density at radius 1 is 1.38 bits per heavy atom. The second kappa shape index (κ2) is 6.47. The highest BCUT2D eigenvalue weighted by Gasteiger charge is 2.31. The molecule has 0 spiro atoms. The van der Waals surface area contributed by atoms with Gasteiger partial charge < -0.3 is 15.4 Å². The van der Waals surface area contributed by atoms with E-state index in [-0.39, 0.29) is 24.8 Å². The van der Waals surface area contributed by atoms with Crippen LogP contribution in [0.1, 0.15) is 23.6 Å². The van der Waals surface area contributed by atoms with Crippen molar-refractivity contribution in [2.24, 2.45) is 0 Å². The van der Waals surface area contributed by atoms with Gasteiger partial charge >= 0.3 is 0 Å². The number of hydrogen-bond acceptors (Lipinski definition) is 5. The number of ether oxygens (including phenoxy) is 1. The zero-order valence-corrected chi connectivity index (χ0v) is 14.1. The van der Waals surface area contributed by atoms with Crippen molar-refractivity contribution in [3.8, 4) is 5.75 Å². The van der Waals surface area contributed by atoms with Gasteiger partial charge in [-0.2, -0.15) is 5.10 Å². The lowest BCUT2D eigenvalue weighted by Gasteiger charge is -2.25. The molecule has 0 bridgehead atoms. The first kappa shape index (κ1) is 16.1. The van der Waals surface area contributed by atoms with Gasteiger partial charge in [-0.15, -0.1) is 0 Å². The van der Waals surface area contributed by atoms with E-state index in [1.807, 2.05) is 18.2 Å². The number of fused-ring (bicyclic) bond motifs is 2. The minimum absolute atomic E-state index is 0.0968. The van der Waals surface area contributed by atoms with Gasteiger partial charge in [0.1, 0.15) is 12.1 Å². The summed E-state index contributed by atoms with van der Waals surface area (Å²) >= 11 is 0. The lowest BCUT2D eigenvalue weighted by Crippen LogP contribution is -2.35. The first-order chi connectivity index (χ1) is 12.7. The molecule has 8 heteroatoms. The molecule has 0 saturated heterocycles. The van der Waals surface area contributed by atoms with Gasteiger partial charge in [0.05, 0.1) is 25.3 Å². The Labute approximate surface area is 149 Å². The zero-order chi connectivity index (χ0) is 18.1. The molecule has 0 fully saturated rings. The summed E-state index contributed by atoms with van der Waals surface area (Å²) in [5, 5.41) is 9.85. The molecule has 132 valence electrons. The number of aromatic nitrogens is 3. The summed E-state index contributed by atoms with van der Waals surface area (Å²) in [6.45, 7) is 0.289. The molecule has 0 saturated carbocycles. The van der Waals surface area contributed by atoms with Crippen LogP contribution in [0.3, 0.4) is 0 Å². The van der Waals surface area contributed by atoms with E-state index in [0.29, 0.717) is 17.1 Å². The van der Waals surface area contributed by atoms with Crippen LogP contribution in [0, 0.1) is 0 Å². The average Bonchev–Trinajstić information content (AvgIpc) is 3.14. The van der Waals surface area contributed by atoms with Gasteiger partial charge in [0.15, 0.2) is 5.65 Å². The maximum absolute atomic E-state index is 12.8. The van der Waals surface area contributed by atoms with Crippen molar-refractivity contribution >= 4 is 23.1 Å². The van der Waals surface area contributed by atoms with Gasteiger partial charge in [-0.3, -0.25) is 9.59 Å². The van der Waals surface area contributed by atoms with Crippen LogP contribution in [0.25, 0.3) is 5.65 Å². The molecule has 8 nitrogen and oxygen atoms in total. The number of carbonyl (C=O) groups excluding carboxylic acids is 2. The molecule has 1 unspecified atom stereocenters. The number of methoxy groups -OCH3 is 1. The number of rotatable bonds is 4. The van der Waals surface area contributed by atoms with Crippen molar-refractivity contribution in [1.29, 1.82) is 0 Å². The van der Waals surface area contributed by atoms with Gasteiger partial charge in [-0.1, -0.05) is 6.07 Å². The van der Waals surface area contributed by atoms with Crippen molar-refractivity contribution in [3.63, 3.8) is 0 Å². The van der Waals surface area contributed by atoms with Crippen LogP contribution < -0.4 is 15.4 Å². The molecular formula is C18H17N5O3. The Kier molecular flexibility index (Phi) is 4.00. The summed E-state index contributed by atoms with van der Waals surface area (Å²) < 4.78 is 6.91. The smallest absolute Gasteiger partial charge is 0.228 e. The maximum Gasteiger partial charge on any atom is 0.228 e. The van der Waals surface area contributed by atoms with Crippen LogP contribution in [0.4, 0.5) is 5.69 Å². The van der Waals surface area contributed by atoms with Gasteiger partial charge in [-0.05, 0) is 35.9 Å². The number of nitrogens with zero attached hydrogens (tertiary/aromatic N) is 3. The Bertz CT molecular complexity index is 997. The van der Waals surface area contributed by atoms with Crippen molar-refractivity contribution < 1.29 is 14.3 Å². The highest BCUT2D eigenvalue weighted by molar-refractivity contribution is 6.01. The topological polar surface area (TPSA) is 97.6 Å². The van der Waals surface area contributed by atoms with Crippen molar-refractivity contribution in [2.45, 2.75) is 18.9 Å². The van der Waals surface area contributed by atoms with E-state index in [2.05, 4.69) is 20.7 Å². The molecule has 2 aromatic heterocycles. The van der Waals surface area contributed by atoms with Crippen LogP contribution >= 0.6 is 0 Å². The van der Waals surface area contributed by atoms with Gasteiger partial charge in [0.25, 0.3) is 0 Å². The maximum atomic E-state index is 12.8.